The summed E-state index contributed by atoms with van der Waals surface area (Å²) in [5, 5.41) is 2.73. The summed E-state index contributed by atoms with van der Waals surface area (Å²) >= 11 is 0. The molecule has 0 aliphatic rings. The topological polar surface area (TPSA) is 77.2 Å². The first-order valence-corrected chi connectivity index (χ1v) is 5.16. The monoisotopic (exact) mass is 295 g/mol. The SMILES string of the molecule is COCC(N)C(=O)NCCc1ccccn1.Cl.Cl. The van der Waals surface area contributed by atoms with E-state index in [1.165, 1.54) is 7.11 Å². The molecule has 7 heteroatoms. The Morgan fingerprint density at radius 2 is 2.22 bits per heavy atom. The van der Waals surface area contributed by atoms with Crippen LogP contribution >= 0.6 is 24.8 Å². The minimum Gasteiger partial charge on any atom is -0.383 e. The van der Waals surface area contributed by atoms with E-state index in [0.717, 1.165) is 5.69 Å². The summed E-state index contributed by atoms with van der Waals surface area (Å²) in [6.07, 6.45) is 2.43. The summed E-state index contributed by atoms with van der Waals surface area (Å²) in [4.78, 5) is 15.5. The maximum atomic E-state index is 11.4. The molecule has 5 nitrogen and oxygen atoms in total. The zero-order valence-electron chi connectivity index (χ0n) is 10.2. The molecule has 0 spiro atoms. The summed E-state index contributed by atoms with van der Waals surface area (Å²) in [5.41, 5.74) is 6.50. The van der Waals surface area contributed by atoms with E-state index in [1.54, 1.807) is 6.20 Å². The third-order valence-electron chi connectivity index (χ3n) is 2.09. The summed E-state index contributed by atoms with van der Waals surface area (Å²) in [5.74, 6) is -0.196. The van der Waals surface area contributed by atoms with Crippen molar-refractivity contribution in [3.8, 4) is 0 Å². The maximum Gasteiger partial charge on any atom is 0.239 e. The van der Waals surface area contributed by atoms with Gasteiger partial charge in [0.05, 0.1) is 6.61 Å². The van der Waals surface area contributed by atoms with Crippen LogP contribution in [0.3, 0.4) is 0 Å². The van der Waals surface area contributed by atoms with Crippen molar-refractivity contribution in [3.05, 3.63) is 30.1 Å². The summed E-state index contributed by atoms with van der Waals surface area (Å²) in [6.45, 7) is 0.767. The van der Waals surface area contributed by atoms with E-state index in [0.29, 0.717) is 13.0 Å². The van der Waals surface area contributed by atoms with E-state index in [2.05, 4.69) is 10.3 Å². The van der Waals surface area contributed by atoms with Gasteiger partial charge in [-0.2, -0.15) is 0 Å². The van der Waals surface area contributed by atoms with Crippen molar-refractivity contribution in [3.63, 3.8) is 0 Å². The summed E-state index contributed by atoms with van der Waals surface area (Å²) < 4.78 is 4.79. The molecule has 1 atom stereocenters. The first-order valence-electron chi connectivity index (χ1n) is 5.16. The van der Waals surface area contributed by atoms with Crippen molar-refractivity contribution in [2.45, 2.75) is 12.5 Å². The van der Waals surface area contributed by atoms with Gasteiger partial charge in [0, 0.05) is 32.0 Å². The number of hydrogen-bond acceptors (Lipinski definition) is 4. The molecule has 1 unspecified atom stereocenters. The van der Waals surface area contributed by atoms with E-state index in [1.807, 2.05) is 18.2 Å². The number of amides is 1. The molecule has 0 radical (unpaired) electrons. The largest absolute Gasteiger partial charge is 0.383 e. The molecular weight excluding hydrogens is 277 g/mol. The third kappa shape index (κ3) is 7.45. The molecule has 1 aromatic heterocycles. The van der Waals surface area contributed by atoms with Crippen LogP contribution in [-0.4, -0.2) is 37.2 Å². The molecule has 0 aliphatic heterocycles. The highest BCUT2D eigenvalue weighted by atomic mass is 35.5. The lowest BCUT2D eigenvalue weighted by molar-refractivity contribution is -0.123. The van der Waals surface area contributed by atoms with Crippen molar-refractivity contribution in [2.24, 2.45) is 5.73 Å². The maximum absolute atomic E-state index is 11.4. The second-order valence-electron chi connectivity index (χ2n) is 3.42. The molecule has 1 rings (SSSR count). The molecule has 1 heterocycles. The van der Waals surface area contributed by atoms with Crippen LogP contribution in [0.15, 0.2) is 24.4 Å². The van der Waals surface area contributed by atoms with E-state index >= 15 is 0 Å². The highest BCUT2D eigenvalue weighted by Gasteiger charge is 2.11. The molecule has 0 fully saturated rings. The molecule has 104 valence electrons. The Balaban J connectivity index is 0. The smallest absolute Gasteiger partial charge is 0.239 e. The van der Waals surface area contributed by atoms with Gasteiger partial charge in [-0.05, 0) is 12.1 Å². The lowest BCUT2D eigenvalue weighted by Gasteiger charge is -2.10. The van der Waals surface area contributed by atoms with E-state index in [9.17, 15) is 4.79 Å². The number of hydrogen-bond donors (Lipinski definition) is 2. The number of nitrogens with zero attached hydrogens (tertiary/aromatic N) is 1. The Bertz CT molecular complexity index is 325. The van der Waals surface area contributed by atoms with Gasteiger partial charge in [-0.15, -0.1) is 24.8 Å². The summed E-state index contributed by atoms with van der Waals surface area (Å²) in [6, 6.07) is 5.09. The molecule has 1 aromatic rings. The molecule has 1 amide bonds. The van der Waals surface area contributed by atoms with E-state index < -0.39 is 6.04 Å². The van der Waals surface area contributed by atoms with E-state index in [-0.39, 0.29) is 37.3 Å². The Morgan fingerprint density at radius 1 is 1.50 bits per heavy atom. The zero-order valence-corrected chi connectivity index (χ0v) is 11.8. The fourth-order valence-electron chi connectivity index (χ4n) is 1.25. The van der Waals surface area contributed by atoms with Gasteiger partial charge in [0.1, 0.15) is 6.04 Å². The van der Waals surface area contributed by atoms with Crippen LogP contribution in [0.1, 0.15) is 5.69 Å². The van der Waals surface area contributed by atoms with Gasteiger partial charge in [-0.1, -0.05) is 6.07 Å². The van der Waals surface area contributed by atoms with Crippen LogP contribution in [0.2, 0.25) is 0 Å². The Kier molecular flexibility index (Phi) is 12.1. The van der Waals surface area contributed by atoms with Crippen molar-refractivity contribution >= 4 is 30.7 Å². The molecule has 0 bridgehead atoms. The number of ether oxygens (including phenoxy) is 1. The summed E-state index contributed by atoms with van der Waals surface area (Å²) in [7, 11) is 1.51. The van der Waals surface area contributed by atoms with Gasteiger partial charge in [0.15, 0.2) is 0 Å². The highest BCUT2D eigenvalue weighted by molar-refractivity contribution is 5.85. The van der Waals surface area contributed by atoms with Crippen molar-refractivity contribution < 1.29 is 9.53 Å². The van der Waals surface area contributed by atoms with Gasteiger partial charge >= 0.3 is 0 Å². The number of nitrogens with two attached hydrogens (primary N) is 1. The van der Waals surface area contributed by atoms with Crippen LogP contribution < -0.4 is 11.1 Å². The molecule has 0 aromatic carbocycles. The fraction of sp³-hybridized carbons (Fsp3) is 0.455. The number of aromatic nitrogens is 1. The minimum absolute atomic E-state index is 0. The first-order chi connectivity index (χ1) is 7.74. The number of carbonyl (C=O) groups is 1. The standard InChI is InChI=1S/C11H17N3O2.2ClH/c1-16-8-10(12)11(15)14-7-5-9-4-2-3-6-13-9;;/h2-4,6,10H,5,7-8,12H2,1H3,(H,14,15);2*1H. The lowest BCUT2D eigenvalue weighted by atomic mass is 10.2. The van der Waals surface area contributed by atoms with Gasteiger partial charge in [0.25, 0.3) is 0 Å². The van der Waals surface area contributed by atoms with Crippen LogP contribution in [-0.2, 0) is 16.0 Å². The average molecular weight is 296 g/mol. The second kappa shape index (κ2) is 11.2. The van der Waals surface area contributed by atoms with E-state index in [4.69, 9.17) is 10.5 Å². The van der Waals surface area contributed by atoms with Crippen LogP contribution in [0.25, 0.3) is 0 Å². The Hall–Kier alpha value is -0.880. The van der Waals surface area contributed by atoms with Gasteiger partial charge in [0.2, 0.25) is 5.91 Å². The predicted octanol–water partition coefficient (Wildman–Crippen LogP) is 0.558. The minimum atomic E-state index is -0.603. The molecule has 3 N–H and O–H groups in total. The van der Waals surface area contributed by atoms with Crippen molar-refractivity contribution in [1.29, 1.82) is 0 Å². The average Bonchev–Trinajstić information content (AvgIpc) is 2.30. The predicted molar refractivity (Wildman–Crippen MR) is 75.3 cm³/mol. The van der Waals surface area contributed by atoms with Gasteiger partial charge in [-0.25, -0.2) is 0 Å². The number of carbonyl (C=O) groups excluding carboxylic acids is 1. The molecule has 18 heavy (non-hydrogen) atoms. The lowest BCUT2D eigenvalue weighted by Crippen LogP contribution is -2.44. The van der Waals surface area contributed by atoms with Gasteiger partial charge in [-0.3, -0.25) is 9.78 Å². The zero-order chi connectivity index (χ0) is 11.8. The highest BCUT2D eigenvalue weighted by Crippen LogP contribution is 1.93. The number of halogens is 2. The van der Waals surface area contributed by atoms with Crippen molar-refractivity contribution in [1.82, 2.24) is 10.3 Å². The van der Waals surface area contributed by atoms with Crippen LogP contribution in [0, 0.1) is 0 Å². The van der Waals surface area contributed by atoms with Gasteiger partial charge < -0.3 is 15.8 Å². The quantitative estimate of drug-likeness (QED) is 0.804. The fourth-order valence-corrected chi connectivity index (χ4v) is 1.25. The Labute approximate surface area is 119 Å². The molecule has 0 saturated heterocycles. The second-order valence-corrected chi connectivity index (χ2v) is 3.42. The molecular formula is C11H19Cl2N3O2. The normalized spacial score (nSPS) is 10.8. The number of pyridine rings is 1. The van der Waals surface area contributed by atoms with Crippen LogP contribution in [0.5, 0.6) is 0 Å². The third-order valence-corrected chi connectivity index (χ3v) is 2.09. The Morgan fingerprint density at radius 3 is 2.78 bits per heavy atom. The molecule has 0 saturated carbocycles. The molecule has 0 aliphatic carbocycles. The van der Waals surface area contributed by atoms with Crippen molar-refractivity contribution in [2.75, 3.05) is 20.3 Å². The number of methoxy groups -OCH3 is 1. The number of rotatable bonds is 6. The first kappa shape index (κ1) is 19.5. The van der Waals surface area contributed by atoms with Crippen LogP contribution in [0.4, 0.5) is 0 Å². The number of nitrogens with one attached hydrogen (secondary N) is 1.